The van der Waals surface area contributed by atoms with Crippen LogP contribution in [0.2, 0.25) is 0 Å². The molecule has 6 heterocycles. The maximum atomic E-state index is 6.10. The van der Waals surface area contributed by atoms with Crippen molar-refractivity contribution in [3.8, 4) is 43.1 Å². The van der Waals surface area contributed by atoms with Crippen molar-refractivity contribution in [1.82, 2.24) is 0 Å². The number of benzene rings is 6. The molecule has 6 aromatic heterocycles. The van der Waals surface area contributed by atoms with Gasteiger partial charge in [-0.05, 0) is 69.8 Å². The van der Waals surface area contributed by atoms with Crippen molar-refractivity contribution >= 4 is 117 Å². The molecule has 0 bridgehead atoms. The highest BCUT2D eigenvalue weighted by molar-refractivity contribution is 7.36. The summed E-state index contributed by atoms with van der Waals surface area (Å²) in [6, 6.07) is 52.7. The Morgan fingerprint density at radius 3 is 1.15 bits per heavy atom. The maximum absolute atomic E-state index is 6.10. The van der Waals surface area contributed by atoms with E-state index in [1.54, 1.807) is 22.7 Å². The molecular formula is C46H24O2S4. The fraction of sp³-hybridized carbons (Fsp3) is 0. The molecule has 0 fully saturated rings. The summed E-state index contributed by atoms with van der Waals surface area (Å²) in [5.41, 5.74) is 11.2. The van der Waals surface area contributed by atoms with E-state index in [-0.39, 0.29) is 0 Å². The van der Waals surface area contributed by atoms with Gasteiger partial charge in [-0.15, -0.1) is 45.3 Å². The first-order valence-electron chi connectivity index (χ1n) is 17.1. The minimum atomic E-state index is 0.953. The molecule has 0 aliphatic heterocycles. The van der Waals surface area contributed by atoms with Gasteiger partial charge in [0.25, 0.3) is 0 Å². The SMILES string of the molecule is c1ccc2c(c1)oc1cc(-c3ccc(-c4ccc5c(c4)sc4c6ccc(-c7ccc(-c8cc9oc%10ccccc%10c9s8)cc7)cc6sc54)cc3)sc12. The average molecular weight is 737 g/mol. The number of furan rings is 2. The van der Waals surface area contributed by atoms with E-state index in [9.17, 15) is 0 Å². The van der Waals surface area contributed by atoms with Crippen LogP contribution in [0.15, 0.2) is 154 Å². The third-order valence-corrected chi connectivity index (χ3v) is 15.1. The minimum Gasteiger partial charge on any atom is -0.455 e. The zero-order valence-corrected chi connectivity index (χ0v) is 30.6. The van der Waals surface area contributed by atoms with Crippen LogP contribution in [0.3, 0.4) is 0 Å². The third kappa shape index (κ3) is 4.39. The Kier molecular flexibility index (Phi) is 6.16. The highest BCUT2D eigenvalue weighted by atomic mass is 32.1. The van der Waals surface area contributed by atoms with Crippen molar-refractivity contribution in [2.24, 2.45) is 0 Å². The van der Waals surface area contributed by atoms with Crippen LogP contribution in [0.25, 0.3) is 115 Å². The van der Waals surface area contributed by atoms with E-state index in [0.717, 1.165) is 22.3 Å². The average Bonchev–Trinajstić information content (AvgIpc) is 4.03. The van der Waals surface area contributed by atoms with Crippen molar-refractivity contribution < 1.29 is 8.83 Å². The number of rotatable bonds is 4. The van der Waals surface area contributed by atoms with Crippen LogP contribution < -0.4 is 0 Å². The monoisotopic (exact) mass is 736 g/mol. The molecule has 0 saturated heterocycles. The molecule has 244 valence electrons. The van der Waals surface area contributed by atoms with Gasteiger partial charge in [-0.3, -0.25) is 0 Å². The summed E-state index contributed by atoms with van der Waals surface area (Å²) in [6.45, 7) is 0. The maximum Gasteiger partial charge on any atom is 0.146 e. The zero-order chi connectivity index (χ0) is 33.9. The van der Waals surface area contributed by atoms with Gasteiger partial charge in [0.1, 0.15) is 22.3 Å². The Labute approximate surface area is 313 Å². The van der Waals surface area contributed by atoms with Gasteiger partial charge < -0.3 is 8.83 Å². The summed E-state index contributed by atoms with van der Waals surface area (Å²) in [4.78, 5) is 2.46. The van der Waals surface area contributed by atoms with E-state index in [1.165, 1.54) is 92.9 Å². The Morgan fingerprint density at radius 2 is 0.692 bits per heavy atom. The Morgan fingerprint density at radius 1 is 0.288 bits per heavy atom. The Bertz CT molecular complexity index is 3120. The van der Waals surface area contributed by atoms with Crippen LogP contribution in [0.1, 0.15) is 0 Å². The quantitative estimate of drug-likeness (QED) is 0.180. The van der Waals surface area contributed by atoms with Crippen LogP contribution in [0.5, 0.6) is 0 Å². The molecule has 0 saturated carbocycles. The lowest BCUT2D eigenvalue weighted by molar-refractivity contribution is 0.669. The van der Waals surface area contributed by atoms with Crippen LogP contribution in [0.4, 0.5) is 0 Å². The topological polar surface area (TPSA) is 26.3 Å². The number of thiophene rings is 4. The molecule has 2 nitrogen and oxygen atoms in total. The van der Waals surface area contributed by atoms with Crippen molar-refractivity contribution in [2.45, 2.75) is 0 Å². The summed E-state index contributed by atoms with van der Waals surface area (Å²) in [6.07, 6.45) is 0. The first-order valence-corrected chi connectivity index (χ1v) is 20.4. The van der Waals surface area contributed by atoms with E-state index >= 15 is 0 Å². The van der Waals surface area contributed by atoms with E-state index < -0.39 is 0 Å². The first-order chi connectivity index (χ1) is 25.7. The standard InChI is InChI=1S/C46H24O2S4/c1-3-7-35-31(5-1)43-37(47-35)23-39(49-43)27-13-9-25(10-14-27)29-17-19-33-41(21-29)51-46-34-20-18-30(22-42(34)52-45(33)46)26-11-15-28(16-12-26)40-24-38-44(50-40)32-6-2-4-8-36(32)48-38/h1-24H. The van der Waals surface area contributed by atoms with E-state index in [0.29, 0.717) is 0 Å². The van der Waals surface area contributed by atoms with Gasteiger partial charge >= 0.3 is 0 Å². The fourth-order valence-electron chi connectivity index (χ4n) is 7.55. The molecule has 6 aromatic carbocycles. The number of hydrogen-bond acceptors (Lipinski definition) is 6. The highest BCUT2D eigenvalue weighted by Gasteiger charge is 2.16. The molecule has 0 atom stereocenters. The molecule has 52 heavy (non-hydrogen) atoms. The van der Waals surface area contributed by atoms with Crippen LogP contribution in [-0.4, -0.2) is 0 Å². The summed E-state index contributed by atoms with van der Waals surface area (Å²) in [5.74, 6) is 0. The van der Waals surface area contributed by atoms with Crippen molar-refractivity contribution in [1.29, 1.82) is 0 Å². The van der Waals surface area contributed by atoms with Crippen LogP contribution >= 0.6 is 45.3 Å². The summed E-state index contributed by atoms with van der Waals surface area (Å²) < 4.78 is 20.1. The van der Waals surface area contributed by atoms with E-state index in [1.807, 2.05) is 46.9 Å². The van der Waals surface area contributed by atoms with Gasteiger partial charge in [-0.2, -0.15) is 0 Å². The predicted molar refractivity (Wildman–Crippen MR) is 227 cm³/mol. The largest absolute Gasteiger partial charge is 0.455 e. The lowest BCUT2D eigenvalue weighted by Crippen LogP contribution is -1.78. The minimum absolute atomic E-state index is 0.953. The molecule has 0 amide bonds. The Hall–Kier alpha value is -5.50. The Balaban J connectivity index is 0.829. The molecule has 12 rings (SSSR count). The number of hydrogen-bond donors (Lipinski definition) is 0. The van der Waals surface area contributed by atoms with Gasteiger partial charge in [0.15, 0.2) is 0 Å². The predicted octanol–water partition coefficient (Wildman–Crippen LogP) is 15.9. The highest BCUT2D eigenvalue weighted by Crippen LogP contribution is 2.47. The first kappa shape index (κ1) is 29.1. The van der Waals surface area contributed by atoms with E-state index in [4.69, 9.17) is 8.83 Å². The molecule has 0 spiro atoms. The zero-order valence-electron chi connectivity index (χ0n) is 27.3. The molecular weight excluding hydrogens is 713 g/mol. The smallest absolute Gasteiger partial charge is 0.146 e. The van der Waals surface area contributed by atoms with Crippen molar-refractivity contribution in [3.63, 3.8) is 0 Å². The fourth-order valence-corrected chi connectivity index (χ4v) is 12.5. The molecule has 0 aliphatic rings. The molecule has 0 aliphatic carbocycles. The second-order valence-corrected chi connectivity index (χ2v) is 17.5. The second-order valence-electron chi connectivity index (χ2n) is 13.2. The summed E-state index contributed by atoms with van der Waals surface area (Å²) in [5, 5.41) is 5.06. The van der Waals surface area contributed by atoms with Gasteiger partial charge in [0, 0.05) is 52.8 Å². The molecule has 6 heteroatoms. The molecule has 0 N–H and O–H groups in total. The van der Waals surface area contributed by atoms with Gasteiger partial charge in [-0.1, -0.05) is 97.1 Å². The lowest BCUT2D eigenvalue weighted by atomic mass is 10.0. The second kappa shape index (κ2) is 11.0. The van der Waals surface area contributed by atoms with Crippen LogP contribution in [0, 0.1) is 0 Å². The number of para-hydroxylation sites is 2. The van der Waals surface area contributed by atoms with Crippen molar-refractivity contribution in [3.05, 3.63) is 146 Å². The van der Waals surface area contributed by atoms with Gasteiger partial charge in [0.2, 0.25) is 0 Å². The molecule has 12 aromatic rings. The molecule has 0 radical (unpaired) electrons. The molecule has 0 unspecified atom stereocenters. The van der Waals surface area contributed by atoms with Gasteiger partial charge in [-0.25, -0.2) is 0 Å². The van der Waals surface area contributed by atoms with Gasteiger partial charge in [0.05, 0.1) is 18.8 Å². The lowest BCUT2D eigenvalue weighted by Gasteiger charge is -2.04. The summed E-state index contributed by atoms with van der Waals surface area (Å²) >= 11 is 7.42. The van der Waals surface area contributed by atoms with E-state index in [2.05, 4.69) is 121 Å². The third-order valence-electron chi connectivity index (χ3n) is 10.2. The normalized spacial score (nSPS) is 12.2. The van der Waals surface area contributed by atoms with Crippen LogP contribution in [-0.2, 0) is 0 Å². The van der Waals surface area contributed by atoms with Crippen molar-refractivity contribution in [2.75, 3.05) is 0 Å². The summed E-state index contributed by atoms with van der Waals surface area (Å²) in [7, 11) is 0. The number of fused-ring (bicyclic) bond motifs is 11.